The van der Waals surface area contributed by atoms with Gasteiger partial charge in [-0.1, -0.05) is 24.3 Å². The van der Waals surface area contributed by atoms with Crippen molar-refractivity contribution in [3.8, 4) is 0 Å². The molecule has 0 saturated carbocycles. The number of hydrogen-bond donors (Lipinski definition) is 3. The molecule has 11 heteroatoms. The second kappa shape index (κ2) is 7.03. The minimum Gasteiger partial charge on any atom is -0.422 e. The predicted octanol–water partition coefficient (Wildman–Crippen LogP) is 0.425. The molecule has 0 aliphatic rings. The maximum absolute atomic E-state index is 13.2. The summed E-state index contributed by atoms with van der Waals surface area (Å²) >= 11 is 0. The molecule has 0 heterocycles. The molecule has 0 aliphatic heterocycles. The lowest BCUT2D eigenvalue weighted by molar-refractivity contribution is -0.289. The highest BCUT2D eigenvalue weighted by Gasteiger charge is 2.58. The van der Waals surface area contributed by atoms with Crippen molar-refractivity contribution in [3.05, 3.63) is 29.8 Å². The first-order valence-corrected chi connectivity index (χ1v) is 5.97. The van der Waals surface area contributed by atoms with E-state index in [4.69, 9.17) is 5.73 Å². The third-order valence-electron chi connectivity index (χ3n) is 2.55. The van der Waals surface area contributed by atoms with Crippen molar-refractivity contribution in [2.24, 2.45) is 5.73 Å². The van der Waals surface area contributed by atoms with Gasteiger partial charge in [0.1, 0.15) is 0 Å². The van der Waals surface area contributed by atoms with E-state index in [1.807, 2.05) is 0 Å². The molecular weight excluding hydrogens is 314 g/mol. The molecule has 0 radical (unpaired) electrons. The number of amides is 1. The van der Waals surface area contributed by atoms with Crippen molar-refractivity contribution in [2.75, 3.05) is 6.54 Å². The fraction of sp³-hybridized carbons (Fsp3) is 0.364. The van der Waals surface area contributed by atoms with Crippen LogP contribution in [0.2, 0.25) is 0 Å². The molecule has 5 nitrogen and oxygen atoms in total. The Balaban J connectivity index is 2.86. The highest BCUT2D eigenvalue weighted by molar-refractivity contribution is 6.60. The normalized spacial score (nSPS) is 12.1. The Morgan fingerprint density at radius 2 is 1.95 bits per heavy atom. The van der Waals surface area contributed by atoms with E-state index < -0.39 is 30.7 Å². The lowest BCUT2D eigenvalue weighted by Gasteiger charge is -2.20. The lowest BCUT2D eigenvalue weighted by atomic mass is 9.79. The molecule has 0 aromatic heterocycles. The summed E-state index contributed by atoms with van der Waals surface area (Å²) in [5, 5.41) is 9.54. The number of benzene rings is 1. The van der Waals surface area contributed by atoms with Crippen LogP contribution in [0.3, 0.4) is 0 Å². The first-order valence-electron chi connectivity index (χ1n) is 5.97. The maximum atomic E-state index is 13.2. The van der Waals surface area contributed by atoms with Crippen LogP contribution in [0.25, 0.3) is 0 Å². The predicted molar refractivity (Wildman–Crippen MR) is 66.9 cm³/mol. The molecular formula is C11H12BF5N2O3. The van der Waals surface area contributed by atoms with Gasteiger partial charge in [-0.2, -0.15) is 22.0 Å². The Bertz CT molecular complexity index is 527. The smallest absolute Gasteiger partial charge is 0.422 e. The summed E-state index contributed by atoms with van der Waals surface area (Å²) in [4.78, 5) is 11.0. The number of carbonyl (C=O) groups is 1. The average molecular weight is 326 g/mol. The molecule has 122 valence electrons. The van der Waals surface area contributed by atoms with Gasteiger partial charge in [-0.15, -0.1) is 0 Å². The van der Waals surface area contributed by atoms with Gasteiger partial charge in [0, 0.05) is 18.5 Å². The number of alkyl halides is 5. The minimum atomic E-state index is -5.77. The summed E-state index contributed by atoms with van der Waals surface area (Å²) in [6.07, 6.45) is -5.88. The van der Waals surface area contributed by atoms with Crippen molar-refractivity contribution in [1.82, 2.24) is 5.48 Å². The van der Waals surface area contributed by atoms with Gasteiger partial charge in [0.25, 0.3) is 0 Å². The van der Waals surface area contributed by atoms with Crippen LogP contribution < -0.4 is 16.7 Å². The zero-order chi connectivity index (χ0) is 17.0. The number of nitrogens with two attached hydrogens (primary N) is 1. The van der Waals surface area contributed by atoms with Crippen LogP contribution in [0, 0.1) is 0 Å². The number of hydroxylamine groups is 1. The maximum Gasteiger partial charge on any atom is 0.514 e. The topological polar surface area (TPSA) is 84.6 Å². The van der Waals surface area contributed by atoms with Crippen molar-refractivity contribution in [2.45, 2.75) is 18.5 Å². The van der Waals surface area contributed by atoms with E-state index in [1.165, 1.54) is 0 Å². The van der Waals surface area contributed by atoms with Gasteiger partial charge in [-0.25, -0.2) is 5.48 Å². The van der Waals surface area contributed by atoms with Crippen molar-refractivity contribution < 1.29 is 36.5 Å². The van der Waals surface area contributed by atoms with Gasteiger partial charge in [-0.05, 0) is 5.46 Å². The number of carbonyl (C=O) groups excluding carboxylic acids is 1. The Morgan fingerprint density at radius 3 is 2.50 bits per heavy atom. The summed E-state index contributed by atoms with van der Waals surface area (Å²) in [7, 11) is -1.91. The zero-order valence-corrected chi connectivity index (χ0v) is 11.0. The van der Waals surface area contributed by atoms with Gasteiger partial charge >= 0.3 is 19.2 Å². The summed E-state index contributed by atoms with van der Waals surface area (Å²) < 4.78 is 67.7. The minimum absolute atomic E-state index is 0.0125. The van der Waals surface area contributed by atoms with Crippen LogP contribution in [0.15, 0.2) is 24.3 Å². The molecule has 0 atom stereocenters. The molecule has 0 fully saturated rings. The molecule has 0 bridgehead atoms. The fourth-order valence-corrected chi connectivity index (χ4v) is 1.42. The third-order valence-corrected chi connectivity index (χ3v) is 2.55. The highest BCUT2D eigenvalue weighted by Crippen LogP contribution is 2.43. The number of hydrogen-bond acceptors (Lipinski definition) is 4. The van der Waals surface area contributed by atoms with Crippen molar-refractivity contribution >= 4 is 18.5 Å². The van der Waals surface area contributed by atoms with Gasteiger partial charge in [0.2, 0.25) is 5.91 Å². The van der Waals surface area contributed by atoms with Crippen LogP contribution >= 0.6 is 0 Å². The molecule has 4 N–H and O–H groups in total. The zero-order valence-electron chi connectivity index (χ0n) is 11.0. The van der Waals surface area contributed by atoms with Crippen LogP contribution in [0.4, 0.5) is 22.0 Å². The molecule has 1 amide bonds. The molecule has 1 aromatic rings. The Hall–Kier alpha value is -1.72. The number of halogens is 5. The van der Waals surface area contributed by atoms with E-state index in [9.17, 15) is 31.8 Å². The van der Waals surface area contributed by atoms with E-state index in [-0.39, 0.29) is 18.4 Å². The number of rotatable bonds is 6. The standard InChI is InChI=1S/C11H12BF5N2O3/c13-10(14,11(15,16)17)7-2-1-3-8(6-7)12(21)22-19-9(20)4-5-18/h1-3,6,21H,4-5,18H2,(H,19,20). The third kappa shape index (κ3) is 4.39. The molecule has 1 rings (SSSR count). The van der Waals surface area contributed by atoms with Gasteiger partial charge in [0.15, 0.2) is 0 Å². The van der Waals surface area contributed by atoms with Crippen LogP contribution in [0.1, 0.15) is 12.0 Å². The van der Waals surface area contributed by atoms with Crippen LogP contribution in [0.5, 0.6) is 0 Å². The largest absolute Gasteiger partial charge is 0.514 e. The molecule has 0 unspecified atom stereocenters. The van der Waals surface area contributed by atoms with E-state index >= 15 is 0 Å². The second-order valence-corrected chi connectivity index (χ2v) is 4.23. The first kappa shape index (κ1) is 18.3. The monoisotopic (exact) mass is 326 g/mol. The van der Waals surface area contributed by atoms with E-state index in [0.29, 0.717) is 12.1 Å². The SMILES string of the molecule is NCCC(=O)NOB(O)c1cccc(C(F)(F)C(F)(F)F)c1. The summed E-state index contributed by atoms with van der Waals surface area (Å²) in [6, 6.07) is 2.97. The summed E-state index contributed by atoms with van der Waals surface area (Å²) in [5.41, 5.74) is 5.14. The summed E-state index contributed by atoms with van der Waals surface area (Å²) in [6.45, 7) is 0.0125. The van der Waals surface area contributed by atoms with E-state index in [0.717, 1.165) is 12.1 Å². The molecule has 0 spiro atoms. The van der Waals surface area contributed by atoms with E-state index in [1.54, 1.807) is 5.48 Å². The molecule has 0 aliphatic carbocycles. The summed E-state index contributed by atoms with van der Waals surface area (Å²) in [5.74, 6) is -5.76. The van der Waals surface area contributed by atoms with Gasteiger partial charge < -0.3 is 10.8 Å². The Kier molecular flexibility index (Phi) is 5.86. The van der Waals surface area contributed by atoms with Crippen molar-refractivity contribution in [3.63, 3.8) is 0 Å². The van der Waals surface area contributed by atoms with Crippen molar-refractivity contribution in [1.29, 1.82) is 0 Å². The molecule has 0 saturated heterocycles. The quantitative estimate of drug-likeness (QED) is 0.402. The number of nitrogens with one attached hydrogen (secondary N) is 1. The van der Waals surface area contributed by atoms with Crippen LogP contribution in [-0.2, 0) is 15.5 Å². The lowest BCUT2D eigenvalue weighted by Crippen LogP contribution is -2.42. The molecule has 22 heavy (non-hydrogen) atoms. The van der Waals surface area contributed by atoms with Gasteiger partial charge in [-0.3, -0.25) is 9.55 Å². The van der Waals surface area contributed by atoms with Crippen LogP contribution in [-0.4, -0.2) is 30.8 Å². The average Bonchev–Trinajstić information content (AvgIpc) is 2.44. The molecule has 1 aromatic carbocycles. The van der Waals surface area contributed by atoms with Gasteiger partial charge in [0.05, 0.1) is 0 Å². The van der Waals surface area contributed by atoms with E-state index in [2.05, 4.69) is 4.76 Å². The Morgan fingerprint density at radius 1 is 1.32 bits per heavy atom. The highest BCUT2D eigenvalue weighted by atomic mass is 19.4. The first-order chi connectivity index (χ1) is 10.1. The second-order valence-electron chi connectivity index (χ2n) is 4.23. The fourth-order valence-electron chi connectivity index (χ4n) is 1.42. The Labute approximate surface area is 122 Å².